The van der Waals surface area contributed by atoms with E-state index in [1.807, 2.05) is 0 Å². The first-order valence-electron chi connectivity index (χ1n) is 3.90. The van der Waals surface area contributed by atoms with Gasteiger partial charge in [0.1, 0.15) is 0 Å². The third-order valence-corrected chi connectivity index (χ3v) is 1.78. The zero-order valence-electron chi connectivity index (χ0n) is 7.74. The smallest absolute Gasteiger partial charge is 0.306 e. The Morgan fingerprint density at radius 2 is 1.83 bits per heavy atom. The predicted octanol–water partition coefficient (Wildman–Crippen LogP) is 1.11. The molecule has 1 N–H and O–H groups in total. The highest BCUT2D eigenvalue weighted by atomic mass is 16.7. The Bertz CT molecular complexity index is 131. The monoisotopic (exact) mass is 176 g/mol. The molecular formula is C8H16O4. The van der Waals surface area contributed by atoms with Gasteiger partial charge in [0.15, 0.2) is 6.29 Å². The molecule has 72 valence electrons. The van der Waals surface area contributed by atoms with E-state index in [0.29, 0.717) is 12.8 Å². The molecule has 0 spiro atoms. The van der Waals surface area contributed by atoms with Gasteiger partial charge in [0.2, 0.25) is 0 Å². The summed E-state index contributed by atoms with van der Waals surface area (Å²) in [7, 11) is 3.08. The van der Waals surface area contributed by atoms with E-state index in [1.54, 1.807) is 21.1 Å². The average molecular weight is 176 g/mol. The minimum atomic E-state index is -0.777. The third-order valence-electron chi connectivity index (χ3n) is 1.78. The number of ether oxygens (including phenoxy) is 2. The van der Waals surface area contributed by atoms with Crippen molar-refractivity contribution in [1.82, 2.24) is 0 Å². The number of carbonyl (C=O) groups is 1. The zero-order chi connectivity index (χ0) is 9.56. The summed E-state index contributed by atoms with van der Waals surface area (Å²) in [6.45, 7) is 1.67. The van der Waals surface area contributed by atoms with Gasteiger partial charge in [-0.3, -0.25) is 4.79 Å². The van der Waals surface area contributed by atoms with Crippen molar-refractivity contribution < 1.29 is 19.4 Å². The lowest BCUT2D eigenvalue weighted by Crippen LogP contribution is -2.17. The van der Waals surface area contributed by atoms with Gasteiger partial charge in [-0.25, -0.2) is 0 Å². The first-order chi connectivity index (χ1) is 5.61. The molecule has 0 radical (unpaired) electrons. The van der Waals surface area contributed by atoms with Gasteiger partial charge in [-0.1, -0.05) is 6.92 Å². The lowest BCUT2D eigenvalue weighted by molar-refractivity contribution is -0.143. The highest BCUT2D eigenvalue weighted by molar-refractivity contribution is 5.69. The van der Waals surface area contributed by atoms with Gasteiger partial charge in [0, 0.05) is 14.2 Å². The molecule has 4 heteroatoms. The van der Waals surface area contributed by atoms with Crippen LogP contribution >= 0.6 is 0 Å². The summed E-state index contributed by atoms with van der Waals surface area (Å²) in [6.07, 6.45) is 0.897. The van der Waals surface area contributed by atoms with Crippen LogP contribution in [0.2, 0.25) is 0 Å². The summed E-state index contributed by atoms with van der Waals surface area (Å²) >= 11 is 0. The minimum Gasteiger partial charge on any atom is -0.481 e. The van der Waals surface area contributed by atoms with E-state index >= 15 is 0 Å². The first-order valence-corrected chi connectivity index (χ1v) is 3.90. The van der Waals surface area contributed by atoms with Crippen LogP contribution in [0.1, 0.15) is 19.8 Å². The highest BCUT2D eigenvalue weighted by Crippen LogP contribution is 2.10. The molecule has 0 heterocycles. The molecule has 0 aromatic rings. The number of hydrogen-bond donors (Lipinski definition) is 1. The van der Waals surface area contributed by atoms with Crippen LogP contribution in [0.15, 0.2) is 0 Å². The Hall–Kier alpha value is -0.610. The number of carboxylic acid groups (broad SMARTS) is 1. The van der Waals surface area contributed by atoms with Crippen LogP contribution < -0.4 is 0 Å². The van der Waals surface area contributed by atoms with Crippen LogP contribution in [0.4, 0.5) is 0 Å². The molecule has 1 atom stereocenters. The van der Waals surface area contributed by atoms with E-state index in [1.165, 1.54) is 0 Å². The van der Waals surface area contributed by atoms with Crippen LogP contribution in [0.3, 0.4) is 0 Å². The second kappa shape index (κ2) is 5.97. The Kier molecular flexibility index (Phi) is 5.66. The van der Waals surface area contributed by atoms with Gasteiger partial charge in [0.05, 0.1) is 5.92 Å². The Balaban J connectivity index is 3.58. The lowest BCUT2D eigenvalue weighted by atomic mass is 10.1. The van der Waals surface area contributed by atoms with E-state index < -0.39 is 5.97 Å². The van der Waals surface area contributed by atoms with E-state index in [4.69, 9.17) is 14.6 Å². The summed E-state index contributed by atoms with van der Waals surface area (Å²) in [5.74, 6) is -1.11. The number of methoxy groups -OCH3 is 2. The van der Waals surface area contributed by atoms with Crippen molar-refractivity contribution in [3.05, 3.63) is 0 Å². The second-order valence-corrected chi connectivity index (χ2v) is 2.72. The van der Waals surface area contributed by atoms with Crippen molar-refractivity contribution in [1.29, 1.82) is 0 Å². The summed E-state index contributed by atoms with van der Waals surface area (Å²) in [5, 5.41) is 8.56. The fraction of sp³-hybridized carbons (Fsp3) is 0.875. The first kappa shape index (κ1) is 11.4. The van der Waals surface area contributed by atoms with Crippen molar-refractivity contribution in [3.63, 3.8) is 0 Å². The van der Waals surface area contributed by atoms with Gasteiger partial charge in [-0.05, 0) is 12.8 Å². The van der Waals surface area contributed by atoms with Crippen molar-refractivity contribution in [2.45, 2.75) is 26.1 Å². The standard InChI is InChI=1S/C8H16O4/c1-6(8(9)10)4-5-7(11-2)12-3/h6-7H,4-5H2,1-3H3,(H,9,10). The molecule has 0 aliphatic rings. The van der Waals surface area contributed by atoms with Crippen LogP contribution in [0.25, 0.3) is 0 Å². The molecule has 0 rings (SSSR count). The molecule has 0 saturated heterocycles. The summed E-state index contributed by atoms with van der Waals surface area (Å²) < 4.78 is 9.83. The predicted molar refractivity (Wildman–Crippen MR) is 43.8 cm³/mol. The SMILES string of the molecule is COC(CCC(C)C(=O)O)OC. The highest BCUT2D eigenvalue weighted by Gasteiger charge is 2.13. The van der Waals surface area contributed by atoms with Crippen molar-refractivity contribution >= 4 is 5.97 Å². The Morgan fingerprint density at radius 3 is 2.17 bits per heavy atom. The van der Waals surface area contributed by atoms with Gasteiger partial charge in [0.25, 0.3) is 0 Å². The maximum Gasteiger partial charge on any atom is 0.306 e. The molecule has 0 aromatic heterocycles. The van der Waals surface area contributed by atoms with Crippen LogP contribution in [0.5, 0.6) is 0 Å². The van der Waals surface area contributed by atoms with Crippen LogP contribution in [-0.4, -0.2) is 31.6 Å². The molecule has 1 unspecified atom stereocenters. The van der Waals surface area contributed by atoms with Gasteiger partial charge in [-0.15, -0.1) is 0 Å². The van der Waals surface area contributed by atoms with Crippen molar-refractivity contribution in [3.8, 4) is 0 Å². The molecular weight excluding hydrogens is 160 g/mol. The molecule has 0 amide bonds. The third kappa shape index (κ3) is 4.31. The average Bonchev–Trinajstić information content (AvgIpc) is 2.05. The maximum absolute atomic E-state index is 10.4. The van der Waals surface area contributed by atoms with Gasteiger partial charge in [-0.2, -0.15) is 0 Å². The zero-order valence-corrected chi connectivity index (χ0v) is 7.74. The van der Waals surface area contributed by atoms with E-state index in [0.717, 1.165) is 0 Å². The largest absolute Gasteiger partial charge is 0.481 e. The number of aliphatic carboxylic acids is 1. The lowest BCUT2D eigenvalue weighted by Gasteiger charge is -2.14. The van der Waals surface area contributed by atoms with Crippen molar-refractivity contribution in [2.24, 2.45) is 5.92 Å². The Labute approximate surface area is 72.5 Å². The van der Waals surface area contributed by atoms with Gasteiger partial charge < -0.3 is 14.6 Å². The minimum absolute atomic E-state index is 0.285. The molecule has 0 saturated carbocycles. The fourth-order valence-corrected chi connectivity index (χ4v) is 0.841. The van der Waals surface area contributed by atoms with Crippen LogP contribution in [-0.2, 0) is 14.3 Å². The molecule has 12 heavy (non-hydrogen) atoms. The number of hydrogen-bond acceptors (Lipinski definition) is 3. The number of carboxylic acids is 1. The van der Waals surface area contributed by atoms with Gasteiger partial charge >= 0.3 is 5.97 Å². The molecule has 0 bridgehead atoms. The maximum atomic E-state index is 10.4. The Morgan fingerprint density at radius 1 is 1.33 bits per heavy atom. The van der Waals surface area contributed by atoms with E-state index in [-0.39, 0.29) is 12.2 Å². The summed E-state index contributed by atoms with van der Waals surface area (Å²) in [5.41, 5.74) is 0. The molecule has 0 fully saturated rings. The van der Waals surface area contributed by atoms with Crippen LogP contribution in [0, 0.1) is 5.92 Å². The van der Waals surface area contributed by atoms with E-state index in [2.05, 4.69) is 0 Å². The quantitative estimate of drug-likeness (QED) is 0.616. The topological polar surface area (TPSA) is 55.8 Å². The molecule has 0 aliphatic heterocycles. The van der Waals surface area contributed by atoms with Crippen molar-refractivity contribution in [2.75, 3.05) is 14.2 Å². The molecule has 4 nitrogen and oxygen atoms in total. The number of rotatable bonds is 6. The summed E-state index contributed by atoms with van der Waals surface area (Å²) in [4.78, 5) is 10.4. The normalized spacial score (nSPS) is 13.3. The second-order valence-electron chi connectivity index (χ2n) is 2.72. The fourth-order valence-electron chi connectivity index (χ4n) is 0.841. The summed E-state index contributed by atoms with van der Waals surface area (Å²) in [6, 6.07) is 0. The molecule has 0 aliphatic carbocycles. The van der Waals surface area contributed by atoms with E-state index in [9.17, 15) is 4.79 Å². The molecule has 0 aromatic carbocycles.